The summed E-state index contributed by atoms with van der Waals surface area (Å²) in [5.41, 5.74) is 1.73. The van der Waals surface area contributed by atoms with Gasteiger partial charge < -0.3 is 14.6 Å². The molecule has 2 amide bonds. The third-order valence-electron chi connectivity index (χ3n) is 6.49. The number of amides is 2. The smallest absolute Gasteiger partial charge is 0.224 e. The second-order valence-corrected chi connectivity index (χ2v) is 8.37. The van der Waals surface area contributed by atoms with Crippen LogP contribution in [0.25, 0.3) is 11.1 Å². The lowest BCUT2D eigenvalue weighted by Gasteiger charge is -2.32. The Morgan fingerprint density at radius 3 is 2.59 bits per heavy atom. The highest BCUT2D eigenvalue weighted by Gasteiger charge is 2.34. The van der Waals surface area contributed by atoms with Crippen LogP contribution >= 0.6 is 0 Å². The van der Waals surface area contributed by atoms with Crippen molar-refractivity contribution in [3.05, 3.63) is 30.2 Å². The molecule has 0 bridgehead atoms. The van der Waals surface area contributed by atoms with Crippen LogP contribution in [0.15, 0.2) is 28.7 Å². The molecule has 4 rings (SSSR count). The van der Waals surface area contributed by atoms with E-state index in [0.29, 0.717) is 19.0 Å². The van der Waals surface area contributed by atoms with Gasteiger partial charge in [0.25, 0.3) is 0 Å². The molecule has 2 atom stereocenters. The Balaban J connectivity index is 1.27. The van der Waals surface area contributed by atoms with Crippen LogP contribution in [0.2, 0.25) is 0 Å². The predicted octanol–water partition coefficient (Wildman–Crippen LogP) is 2.52. The van der Waals surface area contributed by atoms with Crippen molar-refractivity contribution in [1.29, 1.82) is 0 Å². The summed E-state index contributed by atoms with van der Waals surface area (Å²) >= 11 is 0. The molecule has 2 saturated heterocycles. The molecule has 0 radical (unpaired) electrons. The van der Waals surface area contributed by atoms with Gasteiger partial charge in [0.1, 0.15) is 5.52 Å². The molecule has 1 aromatic heterocycles. The van der Waals surface area contributed by atoms with Gasteiger partial charge in [0.05, 0.1) is 0 Å². The fourth-order valence-electron chi connectivity index (χ4n) is 4.61. The average molecular weight is 399 g/mol. The molecular formula is C22H30N4O3. The first-order valence-corrected chi connectivity index (χ1v) is 10.6. The number of fused-ring (bicyclic) bond motifs is 1. The molecule has 7 heteroatoms. The lowest BCUT2D eigenvalue weighted by Crippen LogP contribution is -2.44. The van der Waals surface area contributed by atoms with E-state index >= 15 is 0 Å². The van der Waals surface area contributed by atoms with Crippen LogP contribution < -0.4 is 5.32 Å². The van der Waals surface area contributed by atoms with Crippen molar-refractivity contribution >= 4 is 22.9 Å². The van der Waals surface area contributed by atoms with E-state index in [4.69, 9.17) is 4.42 Å². The Bertz CT molecular complexity index is 839. The van der Waals surface area contributed by atoms with Gasteiger partial charge in [0, 0.05) is 51.0 Å². The Morgan fingerprint density at radius 2 is 1.86 bits per heavy atom. The van der Waals surface area contributed by atoms with Gasteiger partial charge in [-0.25, -0.2) is 4.98 Å². The van der Waals surface area contributed by atoms with E-state index in [-0.39, 0.29) is 23.8 Å². The lowest BCUT2D eigenvalue weighted by atomic mass is 9.96. The fraction of sp³-hybridized carbons (Fsp3) is 0.591. The molecule has 1 N–H and O–H groups in total. The van der Waals surface area contributed by atoms with Crippen LogP contribution in [-0.4, -0.2) is 65.4 Å². The van der Waals surface area contributed by atoms with Crippen LogP contribution in [0.5, 0.6) is 0 Å². The molecule has 2 aliphatic rings. The number of piperidine rings is 1. The minimum absolute atomic E-state index is 0.000240. The van der Waals surface area contributed by atoms with Crippen molar-refractivity contribution in [3.8, 4) is 0 Å². The van der Waals surface area contributed by atoms with E-state index in [1.165, 1.54) is 0 Å². The zero-order chi connectivity index (χ0) is 20.4. The molecule has 1 aromatic carbocycles. The lowest BCUT2D eigenvalue weighted by molar-refractivity contribution is -0.133. The molecule has 2 aromatic rings. The molecule has 0 aliphatic carbocycles. The van der Waals surface area contributed by atoms with Crippen LogP contribution in [0.4, 0.5) is 0 Å². The van der Waals surface area contributed by atoms with E-state index in [1.54, 1.807) is 6.92 Å². The van der Waals surface area contributed by atoms with E-state index in [1.807, 2.05) is 29.2 Å². The predicted molar refractivity (Wildman–Crippen MR) is 110 cm³/mol. The molecule has 156 valence electrons. The second kappa shape index (κ2) is 8.53. The first-order chi connectivity index (χ1) is 14.0. The van der Waals surface area contributed by atoms with Crippen molar-refractivity contribution < 1.29 is 14.0 Å². The van der Waals surface area contributed by atoms with Crippen LogP contribution in [0.1, 0.15) is 50.8 Å². The summed E-state index contributed by atoms with van der Waals surface area (Å²) in [5, 5.41) is 2.89. The minimum Gasteiger partial charge on any atom is -0.440 e. The molecule has 3 heterocycles. The van der Waals surface area contributed by atoms with Gasteiger partial charge in [-0.2, -0.15) is 0 Å². The molecule has 0 spiro atoms. The first kappa shape index (κ1) is 19.9. The fourth-order valence-corrected chi connectivity index (χ4v) is 4.61. The maximum Gasteiger partial charge on any atom is 0.224 e. The number of aromatic nitrogens is 1. The zero-order valence-corrected chi connectivity index (χ0v) is 17.3. The number of likely N-dealkylation sites (tertiary alicyclic amines) is 2. The van der Waals surface area contributed by atoms with Crippen molar-refractivity contribution in [3.63, 3.8) is 0 Å². The SMILES string of the molecule is CC(=O)NC[C@H]1CC[C@@H](CC(=O)N2CCC(c3nc4ccccc4o3)CC2)N1C. The van der Waals surface area contributed by atoms with Crippen LogP contribution in [-0.2, 0) is 9.59 Å². The number of likely N-dealkylation sites (N-methyl/N-ethyl adjacent to an activating group) is 1. The van der Waals surface area contributed by atoms with Crippen molar-refractivity contribution in [2.45, 2.75) is 57.0 Å². The van der Waals surface area contributed by atoms with Crippen molar-refractivity contribution in [1.82, 2.24) is 20.1 Å². The summed E-state index contributed by atoms with van der Waals surface area (Å²) in [4.78, 5) is 32.9. The van der Waals surface area contributed by atoms with Crippen molar-refractivity contribution in [2.24, 2.45) is 0 Å². The van der Waals surface area contributed by atoms with Gasteiger partial charge in [-0.3, -0.25) is 14.5 Å². The van der Waals surface area contributed by atoms with Gasteiger partial charge in [-0.1, -0.05) is 12.1 Å². The van der Waals surface area contributed by atoms with E-state index in [9.17, 15) is 9.59 Å². The maximum absolute atomic E-state index is 12.8. The Labute approximate surface area is 171 Å². The number of hydrogen-bond acceptors (Lipinski definition) is 5. The van der Waals surface area contributed by atoms with E-state index < -0.39 is 0 Å². The highest BCUT2D eigenvalue weighted by molar-refractivity contribution is 5.77. The number of rotatable bonds is 5. The molecule has 0 saturated carbocycles. The number of benzene rings is 1. The standard InChI is InChI=1S/C22H30N4O3/c1-15(27)23-14-18-8-7-17(25(18)2)13-21(28)26-11-9-16(10-12-26)22-24-19-5-3-4-6-20(19)29-22/h3-6,16-18H,7-14H2,1-2H3,(H,23,27)/t17-,18+/m0/s1. The monoisotopic (exact) mass is 398 g/mol. The second-order valence-electron chi connectivity index (χ2n) is 8.37. The summed E-state index contributed by atoms with van der Waals surface area (Å²) < 4.78 is 5.93. The van der Waals surface area contributed by atoms with E-state index in [0.717, 1.165) is 55.8 Å². The Kier molecular flexibility index (Phi) is 5.85. The summed E-state index contributed by atoms with van der Waals surface area (Å²) in [7, 11) is 2.07. The Hall–Kier alpha value is -2.41. The maximum atomic E-state index is 12.8. The molecule has 2 fully saturated rings. The summed E-state index contributed by atoms with van der Waals surface area (Å²) in [6.07, 6.45) is 4.37. The number of para-hydroxylation sites is 2. The molecule has 7 nitrogen and oxygen atoms in total. The zero-order valence-electron chi connectivity index (χ0n) is 17.3. The minimum atomic E-state index is -0.000240. The van der Waals surface area contributed by atoms with Crippen molar-refractivity contribution in [2.75, 3.05) is 26.7 Å². The third kappa shape index (κ3) is 4.45. The first-order valence-electron chi connectivity index (χ1n) is 10.6. The summed E-state index contributed by atoms with van der Waals surface area (Å²) in [6.45, 7) is 3.72. The molecule has 0 unspecified atom stereocenters. The number of nitrogens with one attached hydrogen (secondary N) is 1. The van der Waals surface area contributed by atoms with Crippen LogP contribution in [0.3, 0.4) is 0 Å². The van der Waals surface area contributed by atoms with Gasteiger partial charge in [-0.15, -0.1) is 0 Å². The number of hydrogen-bond donors (Lipinski definition) is 1. The van der Waals surface area contributed by atoms with Crippen LogP contribution in [0, 0.1) is 0 Å². The number of carbonyl (C=O) groups is 2. The molecular weight excluding hydrogens is 368 g/mol. The summed E-state index contributed by atoms with van der Waals surface area (Å²) in [6, 6.07) is 8.42. The largest absolute Gasteiger partial charge is 0.440 e. The van der Waals surface area contributed by atoms with E-state index in [2.05, 4.69) is 22.2 Å². The normalized spacial score (nSPS) is 23.6. The highest BCUT2D eigenvalue weighted by Crippen LogP contribution is 2.31. The van der Waals surface area contributed by atoms with Gasteiger partial charge in [-0.05, 0) is 44.9 Å². The number of carbonyl (C=O) groups excluding carboxylic acids is 2. The quantitative estimate of drug-likeness (QED) is 0.837. The number of oxazole rings is 1. The van der Waals surface area contributed by atoms with Gasteiger partial charge >= 0.3 is 0 Å². The average Bonchev–Trinajstić information content (AvgIpc) is 3.30. The molecule has 29 heavy (non-hydrogen) atoms. The van der Waals surface area contributed by atoms with Gasteiger partial charge in [0.2, 0.25) is 11.8 Å². The highest BCUT2D eigenvalue weighted by atomic mass is 16.3. The van der Waals surface area contributed by atoms with Gasteiger partial charge in [0.15, 0.2) is 11.5 Å². The Morgan fingerprint density at radius 1 is 1.14 bits per heavy atom. The number of nitrogens with zero attached hydrogens (tertiary/aromatic N) is 3. The third-order valence-corrected chi connectivity index (χ3v) is 6.49. The molecule has 2 aliphatic heterocycles. The topological polar surface area (TPSA) is 78.7 Å². The summed E-state index contributed by atoms with van der Waals surface area (Å²) in [5.74, 6) is 1.31.